The highest BCUT2D eigenvalue weighted by atomic mass is 35.5. The molecule has 0 unspecified atom stereocenters. The van der Waals surface area contributed by atoms with Gasteiger partial charge in [0.05, 0.1) is 29.1 Å². The van der Waals surface area contributed by atoms with Crippen LogP contribution in [-0.4, -0.2) is 56.6 Å². The number of nitrogens with zero attached hydrogens (tertiary/aromatic N) is 2. The highest BCUT2D eigenvalue weighted by molar-refractivity contribution is 7.92. The van der Waals surface area contributed by atoms with Crippen molar-refractivity contribution in [3.63, 3.8) is 0 Å². The second kappa shape index (κ2) is 13.5. The summed E-state index contributed by atoms with van der Waals surface area (Å²) in [5.74, 6) is -0.00990. The van der Waals surface area contributed by atoms with Crippen molar-refractivity contribution in [2.24, 2.45) is 0 Å². The van der Waals surface area contributed by atoms with Crippen LogP contribution >= 0.6 is 23.2 Å². The largest absolute Gasteiger partial charge is 0.497 e. The molecule has 1 N–H and O–H groups in total. The van der Waals surface area contributed by atoms with E-state index in [1.165, 1.54) is 16.3 Å². The molecule has 1 atom stereocenters. The summed E-state index contributed by atoms with van der Waals surface area (Å²) in [6.45, 7) is 7.71. The third-order valence-corrected chi connectivity index (χ3v) is 7.65. The lowest BCUT2D eigenvalue weighted by atomic mass is 10.0. The molecule has 0 heterocycles. The summed E-state index contributed by atoms with van der Waals surface area (Å²) >= 11 is 12.3. The van der Waals surface area contributed by atoms with E-state index in [4.69, 9.17) is 27.9 Å². The van der Waals surface area contributed by atoms with Gasteiger partial charge in [-0.25, -0.2) is 8.42 Å². The van der Waals surface area contributed by atoms with Gasteiger partial charge < -0.3 is 15.0 Å². The molecule has 210 valence electrons. The van der Waals surface area contributed by atoms with Crippen molar-refractivity contribution >= 4 is 50.7 Å². The van der Waals surface area contributed by atoms with Crippen molar-refractivity contribution < 1.29 is 22.7 Å². The normalized spacial score (nSPS) is 12.5. The fourth-order valence-electron chi connectivity index (χ4n) is 3.98. The number of hydrogen-bond acceptors (Lipinski definition) is 5. The topological polar surface area (TPSA) is 96.0 Å². The highest BCUT2D eigenvalue weighted by Crippen LogP contribution is 2.26. The van der Waals surface area contributed by atoms with Gasteiger partial charge in [0.15, 0.2) is 0 Å². The first-order valence-electron chi connectivity index (χ1n) is 12.3. The third kappa shape index (κ3) is 9.36. The van der Waals surface area contributed by atoms with Crippen molar-refractivity contribution in [3.8, 4) is 5.75 Å². The number of hydrogen-bond donors (Lipinski definition) is 1. The minimum absolute atomic E-state index is 0.0383. The Morgan fingerprint density at radius 1 is 1.08 bits per heavy atom. The third-order valence-electron chi connectivity index (χ3n) is 5.71. The molecule has 8 nitrogen and oxygen atoms in total. The summed E-state index contributed by atoms with van der Waals surface area (Å²) < 4.78 is 31.5. The molecule has 0 spiro atoms. The van der Waals surface area contributed by atoms with Crippen LogP contribution in [0.25, 0.3) is 0 Å². The van der Waals surface area contributed by atoms with Crippen LogP contribution in [0.5, 0.6) is 5.75 Å². The molecule has 0 aromatic heterocycles. The van der Waals surface area contributed by atoms with E-state index in [9.17, 15) is 18.0 Å². The predicted molar refractivity (Wildman–Crippen MR) is 153 cm³/mol. The maximum atomic E-state index is 13.5. The maximum absolute atomic E-state index is 13.5. The standard InChI is InChI=1S/C27H37Cl2N3O5S/c1-7-24(26(34)30-27(2,3)4)31(18-19-13-14-22(28)23(29)16-19)25(33)12-9-15-32(38(6,35)36)20-10-8-11-21(17-20)37-5/h8,10-11,13-14,16-17,24H,7,9,12,15,18H2,1-6H3,(H,30,34)/t24-/m1/s1. The number of sulfonamides is 1. The maximum Gasteiger partial charge on any atom is 0.243 e. The van der Waals surface area contributed by atoms with E-state index in [0.29, 0.717) is 27.9 Å². The zero-order valence-corrected chi connectivity index (χ0v) is 25.1. The molecule has 0 saturated carbocycles. The van der Waals surface area contributed by atoms with Gasteiger partial charge in [-0.15, -0.1) is 0 Å². The Labute approximate surface area is 236 Å². The highest BCUT2D eigenvalue weighted by Gasteiger charge is 2.31. The molecule has 2 amide bonds. The summed E-state index contributed by atoms with van der Waals surface area (Å²) in [6, 6.07) is 11.1. The first-order valence-corrected chi connectivity index (χ1v) is 14.9. The van der Waals surface area contributed by atoms with Crippen LogP contribution in [0, 0.1) is 0 Å². The van der Waals surface area contributed by atoms with Crippen molar-refractivity contribution in [2.45, 2.75) is 65.1 Å². The van der Waals surface area contributed by atoms with E-state index in [1.807, 2.05) is 27.7 Å². The van der Waals surface area contributed by atoms with Gasteiger partial charge in [0.2, 0.25) is 21.8 Å². The molecule has 0 aliphatic heterocycles. The van der Waals surface area contributed by atoms with E-state index in [1.54, 1.807) is 42.5 Å². The average molecular weight is 587 g/mol. The van der Waals surface area contributed by atoms with E-state index in [0.717, 1.165) is 11.8 Å². The van der Waals surface area contributed by atoms with Crippen LogP contribution in [0.1, 0.15) is 52.5 Å². The Hall–Kier alpha value is -2.49. The molecule has 11 heteroatoms. The number of carbonyl (C=O) groups is 2. The Bertz CT molecular complexity index is 1230. The second-order valence-corrected chi connectivity index (χ2v) is 12.8. The summed E-state index contributed by atoms with van der Waals surface area (Å²) in [6.07, 6.45) is 1.80. The van der Waals surface area contributed by atoms with Gasteiger partial charge in [0, 0.05) is 31.1 Å². The monoisotopic (exact) mass is 585 g/mol. The Balaban J connectivity index is 2.28. The van der Waals surface area contributed by atoms with Gasteiger partial charge in [-0.3, -0.25) is 13.9 Å². The predicted octanol–water partition coefficient (Wildman–Crippen LogP) is 5.27. The summed E-state index contributed by atoms with van der Waals surface area (Å²) in [5.41, 5.74) is 0.696. The minimum Gasteiger partial charge on any atom is -0.497 e. The molecule has 0 bridgehead atoms. The van der Waals surface area contributed by atoms with Crippen LogP contribution in [0.4, 0.5) is 5.69 Å². The fourth-order valence-corrected chi connectivity index (χ4v) is 5.25. The second-order valence-electron chi connectivity index (χ2n) is 10.1. The Morgan fingerprint density at radius 3 is 2.32 bits per heavy atom. The number of ether oxygens (including phenoxy) is 1. The molecular formula is C27H37Cl2N3O5S. The number of carbonyl (C=O) groups excluding carboxylic acids is 2. The molecule has 2 aromatic rings. The average Bonchev–Trinajstić information content (AvgIpc) is 2.81. The first kappa shape index (κ1) is 31.7. The molecule has 0 aliphatic carbocycles. The van der Waals surface area contributed by atoms with Gasteiger partial charge in [-0.1, -0.05) is 42.3 Å². The number of anilines is 1. The Kier molecular flexibility index (Phi) is 11.3. The van der Waals surface area contributed by atoms with Crippen molar-refractivity contribution in [3.05, 3.63) is 58.1 Å². The Morgan fingerprint density at radius 2 is 1.76 bits per heavy atom. The van der Waals surface area contributed by atoms with Crippen LogP contribution in [0.3, 0.4) is 0 Å². The quantitative estimate of drug-likeness (QED) is 0.366. The van der Waals surface area contributed by atoms with Crippen molar-refractivity contribution in [2.75, 3.05) is 24.2 Å². The van der Waals surface area contributed by atoms with E-state index in [-0.39, 0.29) is 37.7 Å². The van der Waals surface area contributed by atoms with E-state index >= 15 is 0 Å². The lowest BCUT2D eigenvalue weighted by Gasteiger charge is -2.33. The van der Waals surface area contributed by atoms with Gasteiger partial charge in [-0.2, -0.15) is 0 Å². The lowest BCUT2D eigenvalue weighted by Crippen LogP contribution is -2.53. The number of methoxy groups -OCH3 is 1. The fraction of sp³-hybridized carbons (Fsp3) is 0.481. The summed E-state index contributed by atoms with van der Waals surface area (Å²) in [4.78, 5) is 28.2. The molecule has 0 aliphatic rings. The molecular weight excluding hydrogens is 549 g/mol. The summed E-state index contributed by atoms with van der Waals surface area (Å²) in [5, 5.41) is 3.70. The lowest BCUT2D eigenvalue weighted by molar-refractivity contribution is -0.142. The summed E-state index contributed by atoms with van der Waals surface area (Å²) in [7, 11) is -2.11. The smallest absolute Gasteiger partial charge is 0.243 e. The van der Waals surface area contributed by atoms with Crippen molar-refractivity contribution in [1.82, 2.24) is 10.2 Å². The van der Waals surface area contributed by atoms with Gasteiger partial charge in [0.25, 0.3) is 0 Å². The first-order chi connectivity index (χ1) is 17.7. The van der Waals surface area contributed by atoms with Crippen molar-refractivity contribution in [1.29, 1.82) is 0 Å². The SMILES string of the molecule is CC[C@H](C(=O)NC(C)(C)C)N(Cc1ccc(Cl)c(Cl)c1)C(=O)CCCN(c1cccc(OC)c1)S(C)(=O)=O. The number of halogens is 2. The zero-order valence-electron chi connectivity index (χ0n) is 22.8. The number of rotatable bonds is 12. The number of nitrogens with one attached hydrogen (secondary N) is 1. The molecule has 2 rings (SSSR count). The molecule has 0 saturated heterocycles. The number of amides is 2. The molecule has 0 radical (unpaired) electrons. The van der Waals surface area contributed by atoms with E-state index in [2.05, 4.69) is 5.32 Å². The molecule has 0 fully saturated rings. The molecule has 38 heavy (non-hydrogen) atoms. The van der Waals surface area contributed by atoms with Crippen LogP contribution in [-0.2, 0) is 26.2 Å². The van der Waals surface area contributed by atoms with Gasteiger partial charge in [0.1, 0.15) is 11.8 Å². The molecule has 2 aromatic carbocycles. The van der Waals surface area contributed by atoms with Crippen LogP contribution in [0.2, 0.25) is 10.0 Å². The van der Waals surface area contributed by atoms with Gasteiger partial charge in [-0.05, 0) is 63.4 Å². The zero-order chi connectivity index (χ0) is 28.7. The minimum atomic E-state index is -3.61. The number of benzene rings is 2. The van der Waals surface area contributed by atoms with Gasteiger partial charge >= 0.3 is 0 Å². The van der Waals surface area contributed by atoms with Crippen LogP contribution in [0.15, 0.2) is 42.5 Å². The van der Waals surface area contributed by atoms with E-state index < -0.39 is 21.6 Å². The van der Waals surface area contributed by atoms with Crippen LogP contribution < -0.4 is 14.4 Å².